The fourth-order valence-corrected chi connectivity index (χ4v) is 3.28. The normalized spacial score (nSPS) is 15.9. The number of carboxylic acids is 2. The Morgan fingerprint density at radius 1 is 1.20 bits per heavy atom. The maximum absolute atomic E-state index is 12.3. The lowest BCUT2D eigenvalue weighted by Crippen LogP contribution is -2.55. The largest absolute Gasteiger partial charge is 0.481 e. The van der Waals surface area contributed by atoms with Gasteiger partial charge in [0, 0.05) is 30.8 Å². The van der Waals surface area contributed by atoms with Crippen molar-refractivity contribution >= 4 is 35.9 Å². The molecule has 1 aromatic rings. The summed E-state index contributed by atoms with van der Waals surface area (Å²) in [7, 11) is 0. The van der Waals surface area contributed by atoms with E-state index in [9.17, 15) is 29.1 Å². The zero-order chi connectivity index (χ0) is 26.1. The van der Waals surface area contributed by atoms with E-state index in [1.54, 1.807) is 12.1 Å². The monoisotopic (exact) mass is 489 g/mol. The first-order valence-electron chi connectivity index (χ1n) is 10.4. The van der Waals surface area contributed by atoms with Gasteiger partial charge in [0.1, 0.15) is 11.9 Å². The van der Waals surface area contributed by atoms with Crippen LogP contribution in [0.5, 0.6) is 0 Å². The third-order valence-electron chi connectivity index (χ3n) is 4.97. The number of carboxylic acid groups (broad SMARTS) is 2. The topological polar surface area (TPSA) is 229 Å². The smallest absolute Gasteiger partial charge is 0.326 e. The number of hydrogen-bond acceptors (Lipinski definition) is 9. The van der Waals surface area contributed by atoms with Gasteiger partial charge in [0.15, 0.2) is 5.70 Å². The van der Waals surface area contributed by atoms with Crippen molar-refractivity contribution in [1.29, 1.82) is 0 Å². The number of nitrogens with one attached hydrogen (secondary N) is 4. The maximum Gasteiger partial charge on any atom is 0.326 e. The summed E-state index contributed by atoms with van der Waals surface area (Å²) in [6.07, 6.45) is -0.179. The number of amides is 3. The molecule has 14 nitrogen and oxygen atoms in total. The van der Waals surface area contributed by atoms with Crippen molar-refractivity contribution in [1.82, 2.24) is 20.9 Å². The lowest BCUT2D eigenvalue weighted by Gasteiger charge is -2.36. The van der Waals surface area contributed by atoms with Crippen LogP contribution in [0.15, 0.2) is 48.2 Å². The molecule has 0 saturated heterocycles. The first-order valence-corrected chi connectivity index (χ1v) is 10.4. The van der Waals surface area contributed by atoms with Crippen molar-refractivity contribution in [3.63, 3.8) is 0 Å². The SMILES string of the molecule is C=C(N)NC1=C(C(N)=O)N(C=O)C(CNc2ccc(C(=O)N[C@@H](CCC(=O)O)C(=O)O)cc2)CN1. The Labute approximate surface area is 200 Å². The van der Waals surface area contributed by atoms with Crippen molar-refractivity contribution in [3.8, 4) is 0 Å². The minimum Gasteiger partial charge on any atom is -0.481 e. The molecule has 1 aliphatic heterocycles. The van der Waals surface area contributed by atoms with Crippen LogP contribution in [0.25, 0.3) is 0 Å². The van der Waals surface area contributed by atoms with Gasteiger partial charge in [-0.1, -0.05) is 6.58 Å². The van der Waals surface area contributed by atoms with Gasteiger partial charge in [0.2, 0.25) is 6.41 Å². The molecule has 35 heavy (non-hydrogen) atoms. The zero-order valence-corrected chi connectivity index (χ0v) is 18.6. The Morgan fingerprint density at radius 3 is 2.37 bits per heavy atom. The fraction of sp³-hybridized carbons (Fsp3) is 0.286. The summed E-state index contributed by atoms with van der Waals surface area (Å²) in [5.41, 5.74) is 11.6. The molecule has 1 heterocycles. The first-order chi connectivity index (χ1) is 16.5. The minimum atomic E-state index is -1.34. The number of rotatable bonds is 13. The van der Waals surface area contributed by atoms with Crippen LogP contribution in [0.2, 0.25) is 0 Å². The van der Waals surface area contributed by atoms with Gasteiger partial charge >= 0.3 is 11.9 Å². The first kappa shape index (κ1) is 26.5. The third-order valence-corrected chi connectivity index (χ3v) is 4.97. The van der Waals surface area contributed by atoms with Gasteiger partial charge in [0.25, 0.3) is 11.8 Å². The minimum absolute atomic E-state index is 0.0503. The van der Waals surface area contributed by atoms with Gasteiger partial charge in [-0.15, -0.1) is 0 Å². The van der Waals surface area contributed by atoms with E-state index >= 15 is 0 Å². The molecule has 2 atom stereocenters. The Balaban J connectivity index is 2.03. The Kier molecular flexibility index (Phi) is 9.03. The van der Waals surface area contributed by atoms with Crippen LogP contribution in [0.3, 0.4) is 0 Å². The van der Waals surface area contributed by atoms with Gasteiger partial charge in [0.05, 0.1) is 11.9 Å². The highest BCUT2D eigenvalue weighted by atomic mass is 16.4. The summed E-state index contributed by atoms with van der Waals surface area (Å²) >= 11 is 0. The van der Waals surface area contributed by atoms with Crippen molar-refractivity contribution in [2.45, 2.75) is 24.9 Å². The number of carbonyl (C=O) groups is 5. The average molecular weight is 489 g/mol. The molecule has 0 saturated carbocycles. The standard InChI is InChI=1S/C21H27N7O7/c1-11(22)26-19-17(18(23)32)28(10-29)14(9-25-19)8-24-13-4-2-12(3-5-13)20(33)27-15(21(34)35)6-7-16(30)31/h2-5,10,14-15,24-26H,1,6-9,22H2,(H2,23,32)(H,27,33)(H,30,31)(H,34,35)/t14?,15-/m0/s1. The summed E-state index contributed by atoms with van der Waals surface area (Å²) in [6.45, 7) is 3.95. The molecule has 3 amide bonds. The van der Waals surface area contributed by atoms with E-state index in [0.29, 0.717) is 12.1 Å². The molecule has 1 aromatic carbocycles. The van der Waals surface area contributed by atoms with Crippen LogP contribution < -0.4 is 32.7 Å². The third kappa shape index (κ3) is 7.38. The summed E-state index contributed by atoms with van der Waals surface area (Å²) in [5.74, 6) is -3.82. The van der Waals surface area contributed by atoms with Crippen molar-refractivity contribution in [2.24, 2.45) is 11.5 Å². The van der Waals surface area contributed by atoms with Gasteiger partial charge in [-0.05, 0) is 30.7 Å². The second kappa shape index (κ2) is 11.9. The highest BCUT2D eigenvalue weighted by molar-refractivity contribution is 5.97. The predicted octanol–water partition coefficient (Wildman–Crippen LogP) is -1.75. The molecule has 1 unspecified atom stereocenters. The van der Waals surface area contributed by atoms with E-state index in [2.05, 4.69) is 27.8 Å². The lowest BCUT2D eigenvalue weighted by molar-refractivity contribution is -0.140. The second-order valence-electron chi connectivity index (χ2n) is 7.54. The van der Waals surface area contributed by atoms with E-state index in [4.69, 9.17) is 16.6 Å². The molecule has 0 radical (unpaired) electrons. The maximum atomic E-state index is 12.3. The highest BCUT2D eigenvalue weighted by Gasteiger charge is 2.31. The molecule has 0 spiro atoms. The van der Waals surface area contributed by atoms with E-state index in [-0.39, 0.29) is 42.4 Å². The molecular formula is C21H27N7O7. The summed E-state index contributed by atoms with van der Waals surface area (Å²) in [6, 6.07) is 4.20. The summed E-state index contributed by atoms with van der Waals surface area (Å²) in [5, 5.41) is 28.9. The molecular weight excluding hydrogens is 462 g/mol. The molecule has 0 aromatic heterocycles. The van der Waals surface area contributed by atoms with Gasteiger partial charge in [-0.3, -0.25) is 19.2 Å². The Morgan fingerprint density at radius 2 is 1.86 bits per heavy atom. The van der Waals surface area contributed by atoms with Gasteiger partial charge < -0.3 is 47.8 Å². The quantitative estimate of drug-likeness (QED) is 0.145. The molecule has 10 N–H and O–H groups in total. The van der Waals surface area contributed by atoms with E-state index in [1.165, 1.54) is 17.0 Å². The number of hydrogen-bond donors (Lipinski definition) is 8. The molecule has 2 rings (SSSR count). The highest BCUT2D eigenvalue weighted by Crippen LogP contribution is 2.17. The number of aliphatic carboxylic acids is 2. The van der Waals surface area contributed by atoms with Gasteiger partial charge in [-0.2, -0.15) is 0 Å². The second-order valence-corrected chi connectivity index (χ2v) is 7.54. The van der Waals surface area contributed by atoms with Gasteiger partial charge in [-0.25, -0.2) is 4.79 Å². The predicted molar refractivity (Wildman–Crippen MR) is 123 cm³/mol. The molecule has 14 heteroatoms. The van der Waals surface area contributed by atoms with Crippen molar-refractivity contribution in [3.05, 3.63) is 53.7 Å². The summed E-state index contributed by atoms with van der Waals surface area (Å²) in [4.78, 5) is 59.1. The fourth-order valence-electron chi connectivity index (χ4n) is 3.28. The Bertz CT molecular complexity index is 1040. The molecule has 0 fully saturated rings. The molecule has 1 aliphatic rings. The molecule has 0 bridgehead atoms. The van der Waals surface area contributed by atoms with Crippen LogP contribution in [-0.4, -0.2) is 70.4 Å². The van der Waals surface area contributed by atoms with E-state index in [1.807, 2.05) is 0 Å². The molecule has 188 valence electrons. The van der Waals surface area contributed by atoms with Crippen molar-refractivity contribution in [2.75, 3.05) is 18.4 Å². The van der Waals surface area contributed by atoms with Crippen molar-refractivity contribution < 1.29 is 34.2 Å². The lowest BCUT2D eigenvalue weighted by atomic mass is 10.1. The van der Waals surface area contributed by atoms with Crippen LogP contribution in [0, 0.1) is 0 Å². The van der Waals surface area contributed by atoms with Crippen LogP contribution in [0.1, 0.15) is 23.2 Å². The van der Waals surface area contributed by atoms with Crippen LogP contribution >= 0.6 is 0 Å². The average Bonchev–Trinajstić information content (AvgIpc) is 2.79. The number of nitrogens with zero attached hydrogens (tertiary/aromatic N) is 1. The number of primary amides is 1. The zero-order valence-electron chi connectivity index (χ0n) is 18.6. The van der Waals surface area contributed by atoms with Crippen LogP contribution in [-0.2, 0) is 19.2 Å². The number of carbonyl (C=O) groups excluding carboxylic acids is 3. The number of benzene rings is 1. The Hall–Kier alpha value is -4.75. The summed E-state index contributed by atoms with van der Waals surface area (Å²) < 4.78 is 0. The number of anilines is 1. The van der Waals surface area contributed by atoms with E-state index in [0.717, 1.165) is 0 Å². The van der Waals surface area contributed by atoms with Crippen LogP contribution in [0.4, 0.5) is 5.69 Å². The molecule has 0 aliphatic carbocycles. The van der Waals surface area contributed by atoms with E-state index < -0.39 is 42.3 Å². The number of nitrogens with two attached hydrogens (primary N) is 2.